The first kappa shape index (κ1) is 13.5. The van der Waals surface area contributed by atoms with E-state index in [9.17, 15) is 8.42 Å². The minimum Gasteiger partial charge on any atom is -0.316 e. The molecule has 4 nitrogen and oxygen atoms in total. The molecule has 0 saturated heterocycles. The summed E-state index contributed by atoms with van der Waals surface area (Å²) < 4.78 is 27.1. The zero-order valence-electron chi connectivity index (χ0n) is 10.6. The number of sulfonamides is 1. The molecule has 0 aromatic heterocycles. The van der Waals surface area contributed by atoms with Crippen molar-refractivity contribution in [1.29, 1.82) is 0 Å². The lowest BCUT2D eigenvalue weighted by atomic mass is 10.2. The van der Waals surface area contributed by atoms with Crippen LogP contribution >= 0.6 is 0 Å². The fourth-order valence-electron chi connectivity index (χ4n) is 1.98. The summed E-state index contributed by atoms with van der Waals surface area (Å²) in [5.74, 6) is 0.736. The van der Waals surface area contributed by atoms with E-state index >= 15 is 0 Å². The standard InChI is InChI=1S/C13H20N2O2S/c1-14-10-12-4-2-3-5-13(12)18(16,17)15-9-8-11-6-7-11/h2-5,11,14-15H,6-10H2,1H3. The van der Waals surface area contributed by atoms with Crippen LogP contribution in [0.2, 0.25) is 0 Å². The lowest BCUT2D eigenvalue weighted by molar-refractivity contribution is 0.573. The van der Waals surface area contributed by atoms with Crippen LogP contribution in [0, 0.1) is 5.92 Å². The predicted octanol–water partition coefficient (Wildman–Crippen LogP) is 1.48. The summed E-state index contributed by atoms with van der Waals surface area (Å²) in [7, 11) is -1.56. The highest BCUT2D eigenvalue weighted by Gasteiger charge is 2.22. The van der Waals surface area contributed by atoms with Gasteiger partial charge in [0.15, 0.2) is 0 Å². The van der Waals surface area contributed by atoms with Crippen LogP contribution in [0.25, 0.3) is 0 Å². The minimum absolute atomic E-state index is 0.384. The zero-order valence-corrected chi connectivity index (χ0v) is 11.5. The molecule has 0 spiro atoms. The lowest BCUT2D eigenvalue weighted by Gasteiger charge is -2.11. The van der Waals surface area contributed by atoms with Gasteiger partial charge in [0.2, 0.25) is 10.0 Å². The second kappa shape index (κ2) is 5.82. The molecule has 0 bridgehead atoms. The van der Waals surface area contributed by atoms with Gasteiger partial charge < -0.3 is 5.32 Å². The molecule has 5 heteroatoms. The summed E-state index contributed by atoms with van der Waals surface area (Å²) >= 11 is 0. The van der Waals surface area contributed by atoms with E-state index < -0.39 is 10.0 Å². The predicted molar refractivity (Wildman–Crippen MR) is 71.7 cm³/mol. The van der Waals surface area contributed by atoms with Crippen molar-refractivity contribution in [2.24, 2.45) is 5.92 Å². The molecular formula is C13H20N2O2S. The maximum Gasteiger partial charge on any atom is 0.240 e. The Morgan fingerprint density at radius 2 is 2.00 bits per heavy atom. The lowest BCUT2D eigenvalue weighted by Crippen LogP contribution is -2.26. The van der Waals surface area contributed by atoms with Crippen LogP contribution < -0.4 is 10.0 Å². The van der Waals surface area contributed by atoms with Crippen LogP contribution in [0.15, 0.2) is 29.2 Å². The Kier molecular flexibility index (Phi) is 4.37. The third-order valence-corrected chi connectivity index (χ3v) is 4.73. The van der Waals surface area contributed by atoms with E-state index in [1.165, 1.54) is 12.8 Å². The van der Waals surface area contributed by atoms with Crippen molar-refractivity contribution < 1.29 is 8.42 Å². The molecule has 1 aromatic rings. The van der Waals surface area contributed by atoms with Gasteiger partial charge in [-0.1, -0.05) is 31.0 Å². The van der Waals surface area contributed by atoms with E-state index in [0.717, 1.165) is 17.9 Å². The third kappa shape index (κ3) is 3.54. The van der Waals surface area contributed by atoms with Crippen molar-refractivity contribution in [3.05, 3.63) is 29.8 Å². The Morgan fingerprint density at radius 3 is 2.67 bits per heavy atom. The quantitative estimate of drug-likeness (QED) is 0.787. The molecule has 1 saturated carbocycles. The van der Waals surface area contributed by atoms with Gasteiger partial charge in [0, 0.05) is 13.1 Å². The molecule has 0 unspecified atom stereocenters. The SMILES string of the molecule is CNCc1ccccc1S(=O)(=O)NCCC1CC1. The van der Waals surface area contributed by atoms with Gasteiger partial charge in [-0.05, 0) is 31.0 Å². The number of nitrogens with one attached hydrogen (secondary N) is 2. The summed E-state index contributed by atoms with van der Waals surface area (Å²) in [6, 6.07) is 7.11. The van der Waals surface area contributed by atoms with Crippen molar-refractivity contribution in [3.8, 4) is 0 Å². The number of hydrogen-bond donors (Lipinski definition) is 2. The molecule has 2 rings (SSSR count). The highest BCUT2D eigenvalue weighted by Crippen LogP contribution is 2.31. The maximum absolute atomic E-state index is 12.2. The molecule has 1 fully saturated rings. The highest BCUT2D eigenvalue weighted by atomic mass is 32.2. The minimum atomic E-state index is -3.37. The van der Waals surface area contributed by atoms with Crippen molar-refractivity contribution in [3.63, 3.8) is 0 Å². The number of hydrogen-bond acceptors (Lipinski definition) is 3. The van der Waals surface area contributed by atoms with Crippen molar-refractivity contribution in [2.45, 2.75) is 30.7 Å². The molecule has 0 radical (unpaired) electrons. The number of rotatable bonds is 7. The molecule has 1 aliphatic rings. The average molecular weight is 268 g/mol. The maximum atomic E-state index is 12.2. The van der Waals surface area contributed by atoms with Gasteiger partial charge in [-0.3, -0.25) is 0 Å². The van der Waals surface area contributed by atoms with Gasteiger partial charge in [-0.15, -0.1) is 0 Å². The Balaban J connectivity index is 2.06. The fraction of sp³-hybridized carbons (Fsp3) is 0.538. The topological polar surface area (TPSA) is 58.2 Å². The van der Waals surface area contributed by atoms with E-state index in [4.69, 9.17) is 0 Å². The molecule has 1 aromatic carbocycles. The second-order valence-corrected chi connectivity index (χ2v) is 6.50. The fourth-order valence-corrected chi connectivity index (χ4v) is 3.27. The average Bonchev–Trinajstić information content (AvgIpc) is 3.14. The third-order valence-electron chi connectivity index (χ3n) is 3.17. The monoisotopic (exact) mass is 268 g/mol. The van der Waals surface area contributed by atoms with Gasteiger partial charge in [-0.2, -0.15) is 0 Å². The second-order valence-electron chi connectivity index (χ2n) is 4.77. The Hall–Kier alpha value is -0.910. The summed E-state index contributed by atoms with van der Waals surface area (Å²) in [6.45, 7) is 1.10. The molecule has 100 valence electrons. The molecule has 2 N–H and O–H groups in total. The Labute approximate surface area is 109 Å². The summed E-state index contributed by atoms with van der Waals surface area (Å²) in [4.78, 5) is 0.384. The van der Waals surface area contributed by atoms with Crippen LogP contribution in [-0.4, -0.2) is 22.0 Å². The van der Waals surface area contributed by atoms with Crippen LogP contribution in [-0.2, 0) is 16.6 Å². The van der Waals surface area contributed by atoms with E-state index in [-0.39, 0.29) is 0 Å². The van der Waals surface area contributed by atoms with E-state index in [0.29, 0.717) is 18.0 Å². The molecule has 0 amide bonds. The van der Waals surface area contributed by atoms with Gasteiger partial charge in [-0.25, -0.2) is 13.1 Å². The normalized spacial score (nSPS) is 15.8. The highest BCUT2D eigenvalue weighted by molar-refractivity contribution is 7.89. The summed E-state index contributed by atoms with van der Waals surface area (Å²) in [5, 5.41) is 2.99. The van der Waals surface area contributed by atoms with Gasteiger partial charge in [0.25, 0.3) is 0 Å². The first-order valence-corrected chi connectivity index (χ1v) is 7.84. The molecule has 0 heterocycles. The molecule has 0 aliphatic heterocycles. The van der Waals surface area contributed by atoms with Gasteiger partial charge in [0.1, 0.15) is 0 Å². The van der Waals surface area contributed by atoms with Crippen molar-refractivity contribution in [1.82, 2.24) is 10.0 Å². The van der Waals surface area contributed by atoms with E-state index in [1.807, 2.05) is 19.2 Å². The Morgan fingerprint density at radius 1 is 1.28 bits per heavy atom. The van der Waals surface area contributed by atoms with Crippen LogP contribution in [0.4, 0.5) is 0 Å². The largest absolute Gasteiger partial charge is 0.316 e. The van der Waals surface area contributed by atoms with Crippen molar-refractivity contribution >= 4 is 10.0 Å². The van der Waals surface area contributed by atoms with Gasteiger partial charge in [0.05, 0.1) is 4.90 Å². The van der Waals surface area contributed by atoms with Gasteiger partial charge >= 0.3 is 0 Å². The summed E-state index contributed by atoms with van der Waals surface area (Å²) in [5.41, 5.74) is 0.805. The van der Waals surface area contributed by atoms with Crippen molar-refractivity contribution in [2.75, 3.05) is 13.6 Å². The number of benzene rings is 1. The zero-order chi connectivity index (χ0) is 13.0. The smallest absolute Gasteiger partial charge is 0.240 e. The van der Waals surface area contributed by atoms with Crippen LogP contribution in [0.3, 0.4) is 0 Å². The first-order chi connectivity index (χ1) is 8.63. The van der Waals surface area contributed by atoms with E-state index in [2.05, 4.69) is 10.0 Å². The Bertz CT molecular complexity index is 495. The van der Waals surface area contributed by atoms with Crippen LogP contribution in [0.1, 0.15) is 24.8 Å². The first-order valence-electron chi connectivity index (χ1n) is 6.35. The van der Waals surface area contributed by atoms with Crippen LogP contribution in [0.5, 0.6) is 0 Å². The van der Waals surface area contributed by atoms with E-state index in [1.54, 1.807) is 12.1 Å². The molecular weight excluding hydrogens is 248 g/mol. The molecule has 0 atom stereocenters. The summed E-state index contributed by atoms with van der Waals surface area (Å²) in [6.07, 6.45) is 3.45. The molecule has 18 heavy (non-hydrogen) atoms. The molecule has 1 aliphatic carbocycles.